The molecule has 2 rings (SSSR count). The minimum atomic E-state index is -0.792. The third-order valence-electron chi connectivity index (χ3n) is 3.33. The van der Waals surface area contributed by atoms with Crippen molar-refractivity contribution in [1.29, 1.82) is 0 Å². The Bertz CT molecular complexity index is 587. The molecule has 0 bridgehead atoms. The number of phenols is 1. The molecule has 3 nitrogen and oxygen atoms in total. The van der Waals surface area contributed by atoms with Crippen LogP contribution in [0.2, 0.25) is 0 Å². The predicted molar refractivity (Wildman–Crippen MR) is 77.8 cm³/mol. The molecular formula is C17H18O3. The Labute approximate surface area is 118 Å². The summed E-state index contributed by atoms with van der Waals surface area (Å²) in [5.74, 6) is -1.06. The largest absolute Gasteiger partial charge is 0.508 e. The van der Waals surface area contributed by atoms with E-state index in [1.165, 1.54) is 0 Å². The highest BCUT2D eigenvalue weighted by molar-refractivity contribution is 5.71. The van der Waals surface area contributed by atoms with E-state index in [-0.39, 0.29) is 5.75 Å². The number of aliphatic carboxylic acids is 1. The Morgan fingerprint density at radius 2 is 1.70 bits per heavy atom. The zero-order valence-corrected chi connectivity index (χ0v) is 11.4. The normalized spacial score (nSPS) is 12.1. The Hall–Kier alpha value is -2.29. The number of benzene rings is 2. The smallest absolute Gasteiger partial charge is 0.307 e. The fraction of sp³-hybridized carbons (Fsp3) is 0.235. The number of carboxylic acid groups (broad SMARTS) is 1. The van der Waals surface area contributed by atoms with Crippen molar-refractivity contribution in [3.63, 3.8) is 0 Å². The molecule has 0 spiro atoms. The topological polar surface area (TPSA) is 57.5 Å². The van der Waals surface area contributed by atoms with E-state index >= 15 is 0 Å². The first-order chi connectivity index (χ1) is 9.54. The molecule has 0 aliphatic rings. The van der Waals surface area contributed by atoms with Gasteiger partial charge in [0.2, 0.25) is 0 Å². The summed E-state index contributed by atoms with van der Waals surface area (Å²) < 4.78 is 0. The van der Waals surface area contributed by atoms with Gasteiger partial charge in [0.1, 0.15) is 5.75 Å². The van der Waals surface area contributed by atoms with Gasteiger partial charge >= 0.3 is 5.97 Å². The van der Waals surface area contributed by atoms with E-state index in [0.717, 1.165) is 16.7 Å². The van der Waals surface area contributed by atoms with Crippen LogP contribution in [0.25, 0.3) is 0 Å². The molecule has 0 saturated carbocycles. The molecular weight excluding hydrogens is 252 g/mol. The summed E-state index contributed by atoms with van der Waals surface area (Å²) in [4.78, 5) is 11.4. The first-order valence-corrected chi connectivity index (χ1v) is 6.61. The molecule has 20 heavy (non-hydrogen) atoms. The van der Waals surface area contributed by atoms with Crippen molar-refractivity contribution in [3.05, 3.63) is 65.2 Å². The van der Waals surface area contributed by atoms with E-state index in [1.54, 1.807) is 24.3 Å². The molecule has 0 heterocycles. The van der Waals surface area contributed by atoms with Gasteiger partial charge in [-0.25, -0.2) is 0 Å². The summed E-state index contributed by atoms with van der Waals surface area (Å²) in [6.07, 6.45) is 0.974. The van der Waals surface area contributed by atoms with E-state index in [9.17, 15) is 15.0 Å². The summed E-state index contributed by atoms with van der Waals surface area (Å²) in [5.41, 5.74) is 3.09. The lowest BCUT2D eigenvalue weighted by Gasteiger charge is -2.13. The van der Waals surface area contributed by atoms with Crippen LogP contribution in [0.1, 0.15) is 16.7 Å². The van der Waals surface area contributed by atoms with E-state index in [2.05, 4.69) is 0 Å². The lowest BCUT2D eigenvalue weighted by molar-refractivity contribution is -0.141. The summed E-state index contributed by atoms with van der Waals surface area (Å²) in [6.45, 7) is 2.00. The van der Waals surface area contributed by atoms with E-state index in [0.29, 0.717) is 12.8 Å². The maximum Gasteiger partial charge on any atom is 0.307 e. The van der Waals surface area contributed by atoms with Gasteiger partial charge in [-0.3, -0.25) is 4.79 Å². The Kier molecular flexibility index (Phi) is 4.41. The minimum absolute atomic E-state index is 0.194. The van der Waals surface area contributed by atoms with Gasteiger partial charge in [-0.1, -0.05) is 42.0 Å². The van der Waals surface area contributed by atoms with Gasteiger partial charge in [-0.05, 0) is 43.0 Å². The van der Waals surface area contributed by atoms with Crippen LogP contribution in [0, 0.1) is 12.8 Å². The van der Waals surface area contributed by atoms with Crippen LogP contribution in [0.5, 0.6) is 5.75 Å². The van der Waals surface area contributed by atoms with E-state index in [4.69, 9.17) is 0 Å². The molecule has 0 aliphatic heterocycles. The lowest BCUT2D eigenvalue weighted by Crippen LogP contribution is -2.19. The molecule has 0 aromatic heterocycles. The molecule has 2 N–H and O–H groups in total. The average Bonchev–Trinajstić information content (AvgIpc) is 2.40. The van der Waals surface area contributed by atoms with E-state index < -0.39 is 11.9 Å². The van der Waals surface area contributed by atoms with E-state index in [1.807, 2.05) is 31.2 Å². The number of hydrogen-bond donors (Lipinski definition) is 2. The van der Waals surface area contributed by atoms with Crippen molar-refractivity contribution in [1.82, 2.24) is 0 Å². The second-order valence-electron chi connectivity index (χ2n) is 5.10. The number of carboxylic acids is 1. The standard InChI is InChI=1S/C17H18O3/c1-12-3-2-4-14(9-12)11-15(17(19)20)10-13-5-7-16(18)8-6-13/h2-9,15,18H,10-11H2,1H3,(H,19,20). The Morgan fingerprint density at radius 1 is 1.05 bits per heavy atom. The SMILES string of the molecule is Cc1cccc(CC(Cc2ccc(O)cc2)C(=O)O)c1. The average molecular weight is 270 g/mol. The third kappa shape index (κ3) is 3.85. The van der Waals surface area contributed by atoms with Gasteiger partial charge in [-0.2, -0.15) is 0 Å². The molecule has 0 fully saturated rings. The van der Waals surface area contributed by atoms with Gasteiger partial charge in [0, 0.05) is 0 Å². The van der Waals surface area contributed by atoms with Crippen molar-refractivity contribution in [2.45, 2.75) is 19.8 Å². The highest BCUT2D eigenvalue weighted by Gasteiger charge is 2.18. The van der Waals surface area contributed by atoms with Gasteiger partial charge in [0.05, 0.1) is 5.92 Å². The minimum Gasteiger partial charge on any atom is -0.508 e. The van der Waals surface area contributed by atoms with Crippen LogP contribution >= 0.6 is 0 Å². The molecule has 0 amide bonds. The van der Waals surface area contributed by atoms with Gasteiger partial charge in [-0.15, -0.1) is 0 Å². The third-order valence-corrected chi connectivity index (χ3v) is 3.33. The molecule has 1 atom stereocenters. The molecule has 1 unspecified atom stereocenters. The number of carbonyl (C=O) groups is 1. The van der Waals surface area contributed by atoms with Crippen LogP contribution in [0.3, 0.4) is 0 Å². The van der Waals surface area contributed by atoms with Crippen molar-refractivity contribution >= 4 is 5.97 Å². The van der Waals surface area contributed by atoms with Gasteiger partial charge < -0.3 is 10.2 Å². The summed E-state index contributed by atoms with van der Waals surface area (Å²) in [6, 6.07) is 14.6. The van der Waals surface area contributed by atoms with Crippen molar-refractivity contribution in [2.75, 3.05) is 0 Å². The number of aryl methyl sites for hydroxylation is 1. The predicted octanol–water partition coefficient (Wildman–Crippen LogP) is 3.19. The molecule has 2 aromatic carbocycles. The monoisotopic (exact) mass is 270 g/mol. The van der Waals surface area contributed by atoms with Crippen molar-refractivity contribution in [3.8, 4) is 5.75 Å². The quantitative estimate of drug-likeness (QED) is 0.877. The Balaban J connectivity index is 2.11. The lowest BCUT2D eigenvalue weighted by atomic mass is 9.92. The summed E-state index contributed by atoms with van der Waals surface area (Å²) in [5, 5.41) is 18.6. The maximum absolute atomic E-state index is 11.4. The highest BCUT2D eigenvalue weighted by Crippen LogP contribution is 2.18. The Morgan fingerprint density at radius 3 is 2.30 bits per heavy atom. The fourth-order valence-corrected chi connectivity index (χ4v) is 2.29. The number of aromatic hydroxyl groups is 1. The zero-order valence-electron chi connectivity index (χ0n) is 11.4. The second-order valence-corrected chi connectivity index (χ2v) is 5.10. The molecule has 104 valence electrons. The zero-order chi connectivity index (χ0) is 14.5. The van der Waals surface area contributed by atoms with Gasteiger partial charge in [0.15, 0.2) is 0 Å². The fourth-order valence-electron chi connectivity index (χ4n) is 2.29. The number of hydrogen-bond acceptors (Lipinski definition) is 2. The second kappa shape index (κ2) is 6.24. The van der Waals surface area contributed by atoms with Crippen LogP contribution < -0.4 is 0 Å². The number of rotatable bonds is 5. The molecule has 0 radical (unpaired) electrons. The summed E-state index contributed by atoms with van der Waals surface area (Å²) >= 11 is 0. The van der Waals surface area contributed by atoms with Crippen LogP contribution in [-0.4, -0.2) is 16.2 Å². The molecule has 3 heteroatoms. The number of phenolic OH excluding ortho intramolecular Hbond substituents is 1. The summed E-state index contributed by atoms with van der Waals surface area (Å²) in [7, 11) is 0. The van der Waals surface area contributed by atoms with Gasteiger partial charge in [0.25, 0.3) is 0 Å². The van der Waals surface area contributed by atoms with Crippen LogP contribution in [-0.2, 0) is 17.6 Å². The van der Waals surface area contributed by atoms with Crippen LogP contribution in [0.4, 0.5) is 0 Å². The molecule has 0 saturated heterocycles. The first kappa shape index (κ1) is 14.1. The highest BCUT2D eigenvalue weighted by atomic mass is 16.4. The molecule has 2 aromatic rings. The molecule has 0 aliphatic carbocycles. The first-order valence-electron chi connectivity index (χ1n) is 6.61. The van der Waals surface area contributed by atoms with Crippen molar-refractivity contribution < 1.29 is 15.0 Å². The van der Waals surface area contributed by atoms with Crippen molar-refractivity contribution in [2.24, 2.45) is 5.92 Å². The van der Waals surface area contributed by atoms with Crippen LogP contribution in [0.15, 0.2) is 48.5 Å². The maximum atomic E-state index is 11.4.